The van der Waals surface area contributed by atoms with Gasteiger partial charge >= 0.3 is 0 Å². The van der Waals surface area contributed by atoms with Crippen LogP contribution in [0.2, 0.25) is 0 Å². The van der Waals surface area contributed by atoms with Crippen molar-refractivity contribution in [2.45, 2.75) is 49.7 Å². The minimum Gasteiger partial charge on any atom is -0.325 e. The van der Waals surface area contributed by atoms with Crippen LogP contribution in [-0.2, 0) is 4.94 Å². The number of nitrogens with two attached hydrogens (primary N) is 1. The molecule has 3 saturated carbocycles. The molecule has 0 amide bonds. The standard InChI is InChI=1S/C8H14FNO/c9-11-8-4-1-7(10,2-5-8)3-6-8/h1-6,10H2. The van der Waals surface area contributed by atoms with Gasteiger partial charge in [-0.3, -0.25) is 0 Å². The van der Waals surface area contributed by atoms with Gasteiger partial charge in [0, 0.05) is 5.54 Å². The lowest BCUT2D eigenvalue weighted by Gasteiger charge is -2.49. The summed E-state index contributed by atoms with van der Waals surface area (Å²) >= 11 is 0. The maximum Gasteiger partial charge on any atom is 0.109 e. The van der Waals surface area contributed by atoms with Crippen molar-refractivity contribution in [3.63, 3.8) is 0 Å². The molecule has 0 radical (unpaired) electrons. The molecule has 0 saturated heterocycles. The van der Waals surface area contributed by atoms with E-state index in [1.54, 1.807) is 0 Å². The number of hydrogen-bond acceptors (Lipinski definition) is 2. The van der Waals surface area contributed by atoms with Crippen LogP contribution >= 0.6 is 0 Å². The summed E-state index contributed by atoms with van der Waals surface area (Å²) < 4.78 is 12.1. The summed E-state index contributed by atoms with van der Waals surface area (Å²) in [5.41, 5.74) is 5.60. The largest absolute Gasteiger partial charge is 0.325 e. The van der Waals surface area contributed by atoms with Crippen molar-refractivity contribution in [1.29, 1.82) is 0 Å². The molecule has 0 heterocycles. The van der Waals surface area contributed by atoms with Gasteiger partial charge in [0.25, 0.3) is 0 Å². The van der Waals surface area contributed by atoms with E-state index >= 15 is 0 Å². The van der Waals surface area contributed by atoms with Crippen LogP contribution in [0.25, 0.3) is 0 Å². The molecule has 0 spiro atoms. The van der Waals surface area contributed by atoms with E-state index in [0.29, 0.717) is 0 Å². The van der Waals surface area contributed by atoms with Gasteiger partial charge in [0.05, 0.1) is 0 Å². The molecule has 2 nitrogen and oxygen atoms in total. The van der Waals surface area contributed by atoms with E-state index in [4.69, 9.17) is 5.73 Å². The number of rotatable bonds is 1. The Kier molecular flexibility index (Phi) is 1.48. The van der Waals surface area contributed by atoms with Crippen LogP contribution in [0.1, 0.15) is 38.5 Å². The van der Waals surface area contributed by atoms with E-state index < -0.39 is 5.60 Å². The van der Waals surface area contributed by atoms with Gasteiger partial charge in [0.1, 0.15) is 5.60 Å². The van der Waals surface area contributed by atoms with E-state index in [1.807, 2.05) is 0 Å². The lowest BCUT2D eigenvalue weighted by atomic mass is 9.64. The maximum atomic E-state index is 12.1. The third kappa shape index (κ3) is 1.07. The zero-order chi connectivity index (χ0) is 7.95. The van der Waals surface area contributed by atoms with Gasteiger partial charge in [0.15, 0.2) is 0 Å². The summed E-state index contributed by atoms with van der Waals surface area (Å²) in [7, 11) is 0. The minimum atomic E-state index is -0.443. The van der Waals surface area contributed by atoms with Gasteiger partial charge in [-0.05, 0) is 43.1 Å². The molecular weight excluding hydrogens is 145 g/mol. The first-order chi connectivity index (χ1) is 5.18. The van der Waals surface area contributed by atoms with Gasteiger partial charge in [-0.25, -0.2) is 0 Å². The van der Waals surface area contributed by atoms with Crippen LogP contribution in [0.3, 0.4) is 0 Å². The second-order valence-electron chi connectivity index (χ2n) is 4.12. The fourth-order valence-corrected chi connectivity index (χ4v) is 2.30. The molecule has 0 atom stereocenters. The lowest BCUT2D eigenvalue weighted by Crippen LogP contribution is -2.55. The lowest BCUT2D eigenvalue weighted by molar-refractivity contribution is -0.266. The first kappa shape index (κ1) is 7.50. The van der Waals surface area contributed by atoms with Crippen molar-refractivity contribution in [2.75, 3.05) is 0 Å². The van der Waals surface area contributed by atoms with Crippen molar-refractivity contribution in [2.24, 2.45) is 5.73 Å². The molecular formula is C8H14FNO. The summed E-state index contributed by atoms with van der Waals surface area (Å²) in [5, 5.41) is 0. The van der Waals surface area contributed by atoms with Crippen molar-refractivity contribution in [1.82, 2.24) is 0 Å². The molecule has 0 unspecified atom stereocenters. The predicted molar refractivity (Wildman–Crippen MR) is 39.5 cm³/mol. The Morgan fingerprint density at radius 2 is 1.45 bits per heavy atom. The Balaban J connectivity index is 2.12. The average molecular weight is 159 g/mol. The maximum absolute atomic E-state index is 12.1. The number of halogens is 1. The zero-order valence-corrected chi connectivity index (χ0v) is 6.61. The van der Waals surface area contributed by atoms with Crippen molar-refractivity contribution in [3.05, 3.63) is 0 Å². The van der Waals surface area contributed by atoms with Crippen LogP contribution in [0.15, 0.2) is 0 Å². The van der Waals surface area contributed by atoms with Crippen molar-refractivity contribution < 1.29 is 9.47 Å². The fraction of sp³-hybridized carbons (Fsp3) is 1.00. The minimum absolute atomic E-state index is 0.0142. The van der Waals surface area contributed by atoms with E-state index in [0.717, 1.165) is 38.5 Å². The fourth-order valence-electron chi connectivity index (χ4n) is 2.30. The van der Waals surface area contributed by atoms with Crippen molar-refractivity contribution >= 4 is 0 Å². The van der Waals surface area contributed by atoms with E-state index in [-0.39, 0.29) is 5.54 Å². The molecule has 2 N–H and O–H groups in total. The van der Waals surface area contributed by atoms with Crippen LogP contribution in [0.5, 0.6) is 0 Å². The molecule has 0 aromatic rings. The molecule has 3 rings (SSSR count). The summed E-state index contributed by atoms with van der Waals surface area (Å²) in [6, 6.07) is 0. The molecule has 11 heavy (non-hydrogen) atoms. The number of fused-ring (bicyclic) bond motifs is 3. The smallest absolute Gasteiger partial charge is 0.109 e. The molecule has 0 aliphatic heterocycles. The molecule has 3 heteroatoms. The van der Waals surface area contributed by atoms with Crippen LogP contribution in [0, 0.1) is 0 Å². The highest BCUT2D eigenvalue weighted by Crippen LogP contribution is 2.47. The van der Waals surface area contributed by atoms with Crippen molar-refractivity contribution in [3.8, 4) is 0 Å². The molecule has 0 aromatic heterocycles. The first-order valence-electron chi connectivity index (χ1n) is 4.27. The third-order valence-electron chi connectivity index (χ3n) is 3.40. The molecule has 3 aliphatic rings. The van der Waals surface area contributed by atoms with Gasteiger partial charge in [-0.15, -0.1) is 0 Å². The average Bonchev–Trinajstić information content (AvgIpc) is 2.07. The van der Waals surface area contributed by atoms with Crippen LogP contribution in [0.4, 0.5) is 4.53 Å². The Bertz CT molecular complexity index is 147. The summed E-state index contributed by atoms with van der Waals surface area (Å²) in [5.74, 6) is 0. The van der Waals surface area contributed by atoms with Gasteiger partial charge in [0.2, 0.25) is 0 Å². The summed E-state index contributed by atoms with van der Waals surface area (Å²) in [6.07, 6.45) is 5.20. The second-order valence-corrected chi connectivity index (χ2v) is 4.12. The molecule has 0 aromatic carbocycles. The number of hydrogen-bond donors (Lipinski definition) is 1. The zero-order valence-electron chi connectivity index (χ0n) is 6.61. The van der Waals surface area contributed by atoms with Crippen LogP contribution in [-0.4, -0.2) is 11.1 Å². The molecule has 3 fully saturated rings. The third-order valence-corrected chi connectivity index (χ3v) is 3.40. The molecule has 64 valence electrons. The van der Waals surface area contributed by atoms with Gasteiger partial charge in [-0.1, -0.05) is 0 Å². The quantitative estimate of drug-likeness (QED) is 0.632. The highest BCUT2D eigenvalue weighted by molar-refractivity contribution is 5.03. The Morgan fingerprint density at radius 3 is 1.82 bits per heavy atom. The predicted octanol–water partition coefficient (Wildman–Crippen LogP) is 1.69. The summed E-state index contributed by atoms with van der Waals surface area (Å²) in [6.45, 7) is 0. The Hall–Kier alpha value is -0.150. The first-order valence-corrected chi connectivity index (χ1v) is 4.27. The van der Waals surface area contributed by atoms with Crippen LogP contribution < -0.4 is 5.73 Å². The monoisotopic (exact) mass is 159 g/mol. The van der Waals surface area contributed by atoms with Gasteiger partial charge < -0.3 is 5.73 Å². The Labute approximate surface area is 65.8 Å². The molecule has 3 aliphatic carbocycles. The Morgan fingerprint density at radius 1 is 1.00 bits per heavy atom. The van der Waals surface area contributed by atoms with E-state index in [2.05, 4.69) is 4.94 Å². The van der Waals surface area contributed by atoms with E-state index in [1.165, 1.54) is 0 Å². The summed E-state index contributed by atoms with van der Waals surface area (Å²) in [4.78, 5) is 4.06. The SMILES string of the molecule is NC12CCC(OF)(CC1)CC2. The second kappa shape index (κ2) is 2.17. The highest BCUT2D eigenvalue weighted by atomic mass is 19.3. The van der Waals surface area contributed by atoms with Gasteiger partial charge in [-0.2, -0.15) is 4.94 Å². The topological polar surface area (TPSA) is 35.2 Å². The molecule has 2 bridgehead atoms. The van der Waals surface area contributed by atoms with E-state index in [9.17, 15) is 4.53 Å². The normalized spacial score (nSPS) is 49.6. The highest BCUT2D eigenvalue weighted by Gasteiger charge is 2.48.